The molecule has 0 bridgehead atoms. The standard InChI is InChI=1S/C25H28F3N5O5SSi/c1-23(2,3)40(4,5)38-24(8-6-9-24)20-30-14-18(39-20)15-11-16(13-17(12-15)33(36)37)32(22(34)35)21-29-10-7-19(31-21)25(26,27)28/h7,10-14H,6,8-9H2,1-5H3,(H,34,35). The van der Waals surface area contributed by atoms with Gasteiger partial charge in [-0.25, -0.2) is 24.6 Å². The van der Waals surface area contributed by atoms with E-state index in [1.807, 2.05) is 0 Å². The number of alkyl halides is 3. The molecule has 2 heterocycles. The third kappa shape index (κ3) is 5.71. The molecule has 0 saturated heterocycles. The highest BCUT2D eigenvalue weighted by Crippen LogP contribution is 2.52. The zero-order valence-corrected chi connectivity index (χ0v) is 24.3. The fourth-order valence-electron chi connectivity index (χ4n) is 4.01. The number of benzene rings is 1. The van der Waals surface area contributed by atoms with Crippen LogP contribution in [0.5, 0.6) is 0 Å². The molecule has 3 aromatic rings. The number of carbonyl (C=O) groups is 1. The second-order valence-corrected chi connectivity index (χ2v) is 16.8. The molecule has 1 aliphatic carbocycles. The topological polar surface area (TPSA) is 132 Å². The Morgan fingerprint density at radius 1 is 1.20 bits per heavy atom. The number of anilines is 2. The van der Waals surface area contributed by atoms with Crippen LogP contribution < -0.4 is 4.90 Å². The summed E-state index contributed by atoms with van der Waals surface area (Å²) >= 11 is 1.29. The first-order valence-electron chi connectivity index (χ1n) is 12.3. The molecule has 40 heavy (non-hydrogen) atoms. The van der Waals surface area contributed by atoms with E-state index in [4.69, 9.17) is 4.43 Å². The Morgan fingerprint density at radius 2 is 1.88 bits per heavy atom. The van der Waals surface area contributed by atoms with Crippen molar-refractivity contribution in [3.05, 3.63) is 57.5 Å². The maximum atomic E-state index is 13.2. The smallest absolute Gasteiger partial charge is 0.433 e. The van der Waals surface area contributed by atoms with E-state index < -0.39 is 48.4 Å². The van der Waals surface area contributed by atoms with Crippen molar-refractivity contribution < 1.29 is 32.4 Å². The van der Waals surface area contributed by atoms with Crippen LogP contribution in [0.4, 0.5) is 35.3 Å². The van der Waals surface area contributed by atoms with Crippen LogP contribution in [0.3, 0.4) is 0 Å². The van der Waals surface area contributed by atoms with Gasteiger partial charge < -0.3 is 9.53 Å². The van der Waals surface area contributed by atoms with Crippen molar-refractivity contribution in [2.24, 2.45) is 0 Å². The van der Waals surface area contributed by atoms with Gasteiger partial charge in [0.05, 0.1) is 15.5 Å². The molecule has 1 amide bonds. The van der Waals surface area contributed by atoms with E-state index in [9.17, 15) is 33.2 Å². The number of aromatic nitrogens is 3. The molecule has 0 atom stereocenters. The zero-order chi connectivity index (χ0) is 29.7. The van der Waals surface area contributed by atoms with Gasteiger partial charge in [0.2, 0.25) is 5.95 Å². The molecule has 4 rings (SSSR count). The fourth-order valence-corrected chi connectivity index (χ4v) is 6.76. The highest BCUT2D eigenvalue weighted by atomic mass is 32.1. The van der Waals surface area contributed by atoms with Crippen molar-refractivity contribution in [1.29, 1.82) is 0 Å². The van der Waals surface area contributed by atoms with Crippen molar-refractivity contribution in [2.45, 2.75) is 69.9 Å². The summed E-state index contributed by atoms with van der Waals surface area (Å²) in [6, 6.07) is 4.13. The number of nitro benzene ring substituents is 1. The van der Waals surface area contributed by atoms with Gasteiger partial charge in [-0.05, 0) is 49.5 Å². The Kier molecular flexibility index (Phi) is 7.53. The van der Waals surface area contributed by atoms with Crippen LogP contribution in [0.25, 0.3) is 10.4 Å². The summed E-state index contributed by atoms with van der Waals surface area (Å²) in [5, 5.41) is 22.3. The Morgan fingerprint density at radius 3 is 2.40 bits per heavy atom. The molecule has 0 radical (unpaired) electrons. The van der Waals surface area contributed by atoms with Crippen LogP contribution in [0.2, 0.25) is 18.1 Å². The lowest BCUT2D eigenvalue weighted by Crippen LogP contribution is -2.51. The van der Waals surface area contributed by atoms with Gasteiger partial charge in [0.1, 0.15) is 16.3 Å². The largest absolute Gasteiger partial charge is 0.464 e. The lowest BCUT2D eigenvalue weighted by atomic mass is 9.81. The van der Waals surface area contributed by atoms with Crippen molar-refractivity contribution in [3.63, 3.8) is 0 Å². The lowest BCUT2D eigenvalue weighted by Gasteiger charge is -2.49. The lowest BCUT2D eigenvalue weighted by molar-refractivity contribution is -0.384. The molecule has 1 fully saturated rings. The normalized spacial score (nSPS) is 15.4. The van der Waals surface area contributed by atoms with Gasteiger partial charge in [0, 0.05) is 30.1 Å². The monoisotopic (exact) mass is 595 g/mol. The molecule has 2 aromatic heterocycles. The maximum absolute atomic E-state index is 13.2. The minimum Gasteiger partial charge on any atom is -0.464 e. The third-order valence-corrected chi connectivity index (χ3v) is 13.0. The highest BCUT2D eigenvalue weighted by molar-refractivity contribution is 7.15. The molecule has 0 unspecified atom stereocenters. The average Bonchev–Trinajstić information content (AvgIpc) is 3.31. The molecule has 1 aromatic carbocycles. The minimum absolute atomic E-state index is 0.0313. The molecule has 1 saturated carbocycles. The Hall–Kier alpha value is -3.43. The van der Waals surface area contributed by atoms with Crippen LogP contribution in [-0.4, -0.2) is 39.4 Å². The SMILES string of the molecule is CC(C)(C)[Si](C)(C)OC1(c2ncc(-c3cc(N(C(=O)O)c4nccc(C(F)(F)F)n4)cc([N+](=O)[O-])c3)s2)CCC1. The predicted octanol–water partition coefficient (Wildman–Crippen LogP) is 7.74. The maximum Gasteiger partial charge on any atom is 0.433 e. The number of nitro groups is 1. The van der Waals surface area contributed by atoms with E-state index in [-0.39, 0.29) is 16.3 Å². The number of amides is 1. The number of nitrogens with zero attached hydrogens (tertiary/aromatic N) is 5. The second kappa shape index (κ2) is 10.2. The van der Waals surface area contributed by atoms with Gasteiger partial charge in [-0.3, -0.25) is 10.1 Å². The number of non-ortho nitro benzene ring substituents is 1. The van der Waals surface area contributed by atoms with Crippen LogP contribution in [-0.2, 0) is 16.2 Å². The summed E-state index contributed by atoms with van der Waals surface area (Å²) in [5.74, 6) is -0.796. The Labute approximate surface area is 233 Å². The summed E-state index contributed by atoms with van der Waals surface area (Å²) in [6.07, 6.45) is -1.71. The van der Waals surface area contributed by atoms with Crippen molar-refractivity contribution in [3.8, 4) is 10.4 Å². The summed E-state index contributed by atoms with van der Waals surface area (Å²) in [5.41, 5.74) is -2.39. The fraction of sp³-hybridized carbons (Fsp3) is 0.440. The molecule has 15 heteroatoms. The van der Waals surface area contributed by atoms with Gasteiger partial charge in [0.25, 0.3) is 5.69 Å². The third-order valence-electron chi connectivity index (χ3n) is 7.29. The van der Waals surface area contributed by atoms with Crippen molar-refractivity contribution >= 4 is 43.1 Å². The molecule has 1 aliphatic rings. The van der Waals surface area contributed by atoms with Gasteiger partial charge in [-0.2, -0.15) is 13.2 Å². The summed E-state index contributed by atoms with van der Waals surface area (Å²) in [7, 11) is -2.17. The van der Waals surface area contributed by atoms with E-state index in [2.05, 4.69) is 48.8 Å². The average molecular weight is 596 g/mol. The van der Waals surface area contributed by atoms with Gasteiger partial charge >= 0.3 is 12.3 Å². The van der Waals surface area contributed by atoms with Gasteiger partial charge in [0.15, 0.2) is 8.32 Å². The number of thiazole rings is 1. The van der Waals surface area contributed by atoms with Crippen LogP contribution in [0.15, 0.2) is 36.7 Å². The number of rotatable bonds is 7. The first-order valence-corrected chi connectivity index (χ1v) is 16.1. The molecule has 214 valence electrons. The number of hydrogen-bond acceptors (Lipinski definition) is 8. The quantitative estimate of drug-likeness (QED) is 0.167. The van der Waals surface area contributed by atoms with E-state index in [0.717, 1.165) is 36.5 Å². The molecule has 0 spiro atoms. The van der Waals surface area contributed by atoms with Crippen molar-refractivity contribution in [1.82, 2.24) is 15.0 Å². The number of halogens is 3. The van der Waals surface area contributed by atoms with Gasteiger partial charge in [-0.15, -0.1) is 11.3 Å². The Bertz CT molecular complexity index is 1450. The highest BCUT2D eigenvalue weighted by Gasteiger charge is 2.50. The van der Waals surface area contributed by atoms with Crippen LogP contribution in [0.1, 0.15) is 50.7 Å². The van der Waals surface area contributed by atoms with E-state index >= 15 is 0 Å². The number of carboxylic acid groups (broad SMARTS) is 1. The predicted molar refractivity (Wildman–Crippen MR) is 145 cm³/mol. The van der Waals surface area contributed by atoms with Crippen molar-refractivity contribution in [2.75, 3.05) is 4.90 Å². The van der Waals surface area contributed by atoms with Gasteiger partial charge in [-0.1, -0.05) is 20.8 Å². The molecule has 10 nitrogen and oxygen atoms in total. The molecule has 1 N–H and O–H groups in total. The Balaban J connectivity index is 1.78. The minimum atomic E-state index is -4.85. The molecular weight excluding hydrogens is 567 g/mol. The number of hydrogen-bond donors (Lipinski definition) is 1. The summed E-state index contributed by atoms with van der Waals surface area (Å²) in [6.45, 7) is 10.7. The molecule has 0 aliphatic heterocycles. The first-order chi connectivity index (χ1) is 18.4. The second-order valence-electron chi connectivity index (χ2n) is 11.1. The first kappa shape index (κ1) is 29.5. The summed E-state index contributed by atoms with van der Waals surface area (Å²) in [4.78, 5) is 35.7. The van der Waals surface area contributed by atoms with E-state index in [1.165, 1.54) is 23.5 Å². The zero-order valence-electron chi connectivity index (χ0n) is 22.4. The molecular formula is C25H28F3N5O5SSi. The summed E-state index contributed by atoms with van der Waals surface area (Å²) < 4.78 is 46.5. The van der Waals surface area contributed by atoms with Crippen LogP contribution >= 0.6 is 11.3 Å². The van der Waals surface area contributed by atoms with E-state index in [0.29, 0.717) is 15.8 Å². The van der Waals surface area contributed by atoms with E-state index in [1.54, 1.807) is 6.20 Å². The van der Waals surface area contributed by atoms with Crippen LogP contribution in [0, 0.1) is 10.1 Å².